The van der Waals surface area contributed by atoms with Crippen LogP contribution in [-0.4, -0.2) is 24.1 Å². The smallest absolute Gasteiger partial charge is 0.255 e. The van der Waals surface area contributed by atoms with E-state index in [-0.39, 0.29) is 5.56 Å². The average Bonchev–Trinajstić information content (AvgIpc) is 2.53. The largest absolute Gasteiger partial charge is 0.333 e. The maximum atomic E-state index is 13.4. The maximum Gasteiger partial charge on any atom is 0.333 e. The predicted octanol–water partition coefficient (Wildman–Crippen LogP) is 3.79. The molecular formula is C16H6F4O4. The van der Waals surface area contributed by atoms with Gasteiger partial charge < -0.3 is 0 Å². The van der Waals surface area contributed by atoms with E-state index in [1.165, 1.54) is 30.3 Å². The van der Waals surface area contributed by atoms with Gasteiger partial charge in [-0.2, -0.15) is 17.6 Å². The molecule has 0 aliphatic heterocycles. The fourth-order valence-electron chi connectivity index (χ4n) is 2.29. The molecule has 24 heavy (non-hydrogen) atoms. The molecule has 0 saturated heterocycles. The van der Waals surface area contributed by atoms with Crippen molar-refractivity contribution in [1.29, 1.82) is 0 Å². The van der Waals surface area contributed by atoms with Gasteiger partial charge in [0, 0.05) is 0 Å². The topological polar surface area (TPSA) is 68.3 Å². The first-order valence-electron chi connectivity index (χ1n) is 6.31. The van der Waals surface area contributed by atoms with Crippen LogP contribution in [0.2, 0.25) is 0 Å². The molecule has 2 rings (SSSR count). The summed E-state index contributed by atoms with van der Waals surface area (Å²) in [7, 11) is 0. The molecule has 0 heterocycles. The molecule has 0 unspecified atom stereocenters. The highest BCUT2D eigenvalue weighted by molar-refractivity contribution is 6.17. The van der Waals surface area contributed by atoms with Gasteiger partial charge in [-0.3, -0.25) is 19.2 Å². The van der Waals surface area contributed by atoms with Gasteiger partial charge in [-0.05, 0) is 17.2 Å². The van der Waals surface area contributed by atoms with Gasteiger partial charge in [-0.1, -0.05) is 30.3 Å². The third kappa shape index (κ3) is 2.98. The van der Waals surface area contributed by atoms with Crippen molar-refractivity contribution in [2.45, 2.75) is 0 Å². The van der Waals surface area contributed by atoms with Gasteiger partial charge in [-0.25, -0.2) is 0 Å². The Kier molecular flexibility index (Phi) is 4.68. The van der Waals surface area contributed by atoms with Crippen LogP contribution in [0.5, 0.6) is 0 Å². The van der Waals surface area contributed by atoms with E-state index in [4.69, 9.17) is 0 Å². The summed E-state index contributed by atoms with van der Waals surface area (Å²) in [5.41, 5.74) is -6.32. The zero-order chi connectivity index (χ0) is 18.0. The van der Waals surface area contributed by atoms with Crippen LogP contribution in [0.1, 0.15) is 41.4 Å². The molecule has 0 aliphatic carbocycles. The zero-order valence-corrected chi connectivity index (χ0v) is 11.6. The van der Waals surface area contributed by atoms with E-state index in [0.717, 1.165) is 0 Å². The number of rotatable bonds is 5. The quantitative estimate of drug-likeness (QED) is 0.614. The van der Waals surface area contributed by atoms with Gasteiger partial charge >= 0.3 is 24.1 Å². The first-order valence-corrected chi connectivity index (χ1v) is 6.31. The Morgan fingerprint density at radius 1 is 0.625 bits per heavy atom. The van der Waals surface area contributed by atoms with Crippen molar-refractivity contribution < 1.29 is 36.7 Å². The van der Waals surface area contributed by atoms with E-state index in [9.17, 15) is 36.7 Å². The molecule has 2 aromatic carbocycles. The minimum absolute atomic E-state index is 0.0151. The first kappa shape index (κ1) is 17.2. The van der Waals surface area contributed by atoms with Crippen LogP contribution in [0.4, 0.5) is 17.6 Å². The van der Waals surface area contributed by atoms with Crippen molar-refractivity contribution in [3.05, 3.63) is 58.7 Å². The van der Waals surface area contributed by atoms with Crippen LogP contribution >= 0.6 is 0 Å². The molecule has 0 fully saturated rings. The third-order valence-corrected chi connectivity index (χ3v) is 3.21. The summed E-state index contributed by atoms with van der Waals surface area (Å²) >= 11 is 0. The summed E-state index contributed by atoms with van der Waals surface area (Å²) in [6.07, 6.45) is 0. The number of benzene rings is 2. The van der Waals surface area contributed by atoms with Crippen molar-refractivity contribution in [1.82, 2.24) is 0 Å². The lowest BCUT2D eigenvalue weighted by atomic mass is 9.89. The zero-order valence-electron chi connectivity index (χ0n) is 11.6. The Morgan fingerprint density at radius 3 is 1.54 bits per heavy atom. The molecule has 0 spiro atoms. The van der Waals surface area contributed by atoms with Gasteiger partial charge in [0.05, 0.1) is 22.3 Å². The van der Waals surface area contributed by atoms with Crippen molar-refractivity contribution in [3.63, 3.8) is 0 Å². The molecule has 8 heteroatoms. The second kappa shape index (κ2) is 6.53. The summed E-state index contributed by atoms with van der Waals surface area (Å²) in [5.74, 6) is 0. The van der Waals surface area contributed by atoms with E-state index in [1.807, 2.05) is 0 Å². The van der Waals surface area contributed by atoms with Gasteiger partial charge in [0.25, 0.3) is 0 Å². The Hall–Kier alpha value is -3.16. The molecule has 0 atom stereocenters. The molecular weight excluding hydrogens is 332 g/mol. The Morgan fingerprint density at radius 2 is 1.12 bits per heavy atom. The van der Waals surface area contributed by atoms with Crippen LogP contribution < -0.4 is 0 Å². The number of hydrogen-bond acceptors (Lipinski definition) is 4. The third-order valence-electron chi connectivity index (χ3n) is 3.21. The van der Waals surface area contributed by atoms with E-state index >= 15 is 0 Å². The monoisotopic (exact) mass is 338 g/mol. The number of carbonyl (C=O) groups excluding carboxylic acids is 4. The maximum absolute atomic E-state index is 13.4. The van der Waals surface area contributed by atoms with Crippen LogP contribution in [-0.2, 0) is 0 Å². The number of hydrogen-bond donors (Lipinski definition) is 0. The van der Waals surface area contributed by atoms with Crippen molar-refractivity contribution in [2.24, 2.45) is 0 Å². The molecule has 4 nitrogen and oxygen atoms in total. The highest BCUT2D eigenvalue weighted by atomic mass is 19.1. The van der Waals surface area contributed by atoms with Crippen LogP contribution in [0.3, 0.4) is 0 Å². The lowest BCUT2D eigenvalue weighted by molar-refractivity contribution is 0.0768. The van der Waals surface area contributed by atoms with Crippen molar-refractivity contribution in [2.75, 3.05) is 0 Å². The van der Waals surface area contributed by atoms with Crippen LogP contribution in [0, 0.1) is 0 Å². The summed E-state index contributed by atoms with van der Waals surface area (Å²) in [6, 6.07) is -2.35. The molecule has 0 amide bonds. The van der Waals surface area contributed by atoms with E-state index in [0.29, 0.717) is 6.07 Å². The molecule has 0 radical (unpaired) electrons. The van der Waals surface area contributed by atoms with Crippen molar-refractivity contribution >= 4 is 24.1 Å². The highest BCUT2D eigenvalue weighted by Crippen LogP contribution is 2.33. The summed E-state index contributed by atoms with van der Waals surface area (Å²) < 4.78 is 53.0. The fraction of sp³-hybridized carbons (Fsp3) is 0. The first-order chi connectivity index (χ1) is 11.3. The SMILES string of the molecule is O=C(F)c1cc(-c2ccccc2)c(C(=O)F)c(C(=O)F)c1C(=O)F. The van der Waals surface area contributed by atoms with E-state index < -0.39 is 52.0 Å². The Bertz CT molecular complexity index is 875. The van der Waals surface area contributed by atoms with Gasteiger partial charge in [0.15, 0.2) is 0 Å². The van der Waals surface area contributed by atoms with E-state index in [2.05, 4.69) is 0 Å². The predicted molar refractivity (Wildman–Crippen MR) is 73.6 cm³/mol. The lowest BCUT2D eigenvalue weighted by Gasteiger charge is -2.13. The van der Waals surface area contributed by atoms with Gasteiger partial charge in [0.2, 0.25) is 0 Å². The fourth-order valence-corrected chi connectivity index (χ4v) is 2.29. The van der Waals surface area contributed by atoms with Crippen LogP contribution in [0.15, 0.2) is 36.4 Å². The summed E-state index contributed by atoms with van der Waals surface area (Å²) in [5, 5.41) is 0. The van der Waals surface area contributed by atoms with Gasteiger partial charge in [-0.15, -0.1) is 0 Å². The molecule has 122 valence electrons. The molecule has 0 aliphatic rings. The Balaban J connectivity index is 3.06. The van der Waals surface area contributed by atoms with Gasteiger partial charge in [0.1, 0.15) is 0 Å². The minimum atomic E-state index is -2.56. The van der Waals surface area contributed by atoms with Crippen molar-refractivity contribution in [3.8, 4) is 11.1 Å². The summed E-state index contributed by atoms with van der Waals surface area (Å²) in [6.45, 7) is 0. The second-order valence-corrected chi connectivity index (χ2v) is 4.56. The summed E-state index contributed by atoms with van der Waals surface area (Å²) in [4.78, 5) is 44.3. The molecule has 2 aromatic rings. The Labute approximate surface area is 131 Å². The number of halogens is 4. The molecule has 0 N–H and O–H groups in total. The molecule has 0 aromatic heterocycles. The standard InChI is InChI=1S/C16H6F4O4/c17-13(21)9-6-8(7-4-2-1-3-5-7)10(14(18)22)12(16(20)24)11(9)15(19)23/h1-6H. The highest BCUT2D eigenvalue weighted by Gasteiger charge is 2.33. The second-order valence-electron chi connectivity index (χ2n) is 4.56. The number of carbonyl (C=O) groups is 4. The minimum Gasteiger partial charge on any atom is -0.255 e. The lowest BCUT2D eigenvalue weighted by Crippen LogP contribution is -2.15. The molecule has 0 saturated carbocycles. The molecule has 0 bridgehead atoms. The normalized spacial score (nSPS) is 10.3. The van der Waals surface area contributed by atoms with E-state index in [1.54, 1.807) is 0 Å². The average molecular weight is 338 g/mol. The van der Waals surface area contributed by atoms with Crippen LogP contribution in [0.25, 0.3) is 11.1 Å².